The number of nitrogens with zero attached hydrogens (tertiary/aromatic N) is 3. The predicted octanol–water partition coefficient (Wildman–Crippen LogP) is 3.03. The lowest BCUT2D eigenvalue weighted by molar-refractivity contribution is 0.0342. The molecule has 0 aromatic heterocycles. The summed E-state index contributed by atoms with van der Waals surface area (Å²) in [6.45, 7) is 7.93. The van der Waals surface area contributed by atoms with Gasteiger partial charge in [0.25, 0.3) is 5.91 Å². The standard InChI is InChI=1S/C23H28N4O2/c1-18-9-10-27(25-18)22-7-5-21(6-8-22)23(28)24-16-19-3-2-4-20(15-19)17-26-11-13-29-14-12-26/h2-8,15H,9-14,16-17H2,1H3,(H,24,28). The summed E-state index contributed by atoms with van der Waals surface area (Å²) < 4.78 is 5.41. The quantitative estimate of drug-likeness (QED) is 0.821. The largest absolute Gasteiger partial charge is 0.379 e. The van der Waals surface area contributed by atoms with E-state index < -0.39 is 0 Å². The second-order valence-electron chi connectivity index (χ2n) is 7.65. The molecule has 0 spiro atoms. The van der Waals surface area contributed by atoms with E-state index in [1.165, 1.54) is 5.56 Å². The second kappa shape index (κ2) is 9.20. The van der Waals surface area contributed by atoms with Gasteiger partial charge in [0, 0.05) is 50.4 Å². The highest BCUT2D eigenvalue weighted by Crippen LogP contribution is 2.20. The fourth-order valence-electron chi connectivity index (χ4n) is 3.69. The first-order valence-electron chi connectivity index (χ1n) is 10.3. The van der Waals surface area contributed by atoms with Crippen LogP contribution < -0.4 is 10.3 Å². The minimum Gasteiger partial charge on any atom is -0.379 e. The summed E-state index contributed by atoms with van der Waals surface area (Å²) in [6, 6.07) is 16.1. The number of anilines is 1. The van der Waals surface area contributed by atoms with E-state index in [2.05, 4.69) is 39.6 Å². The van der Waals surface area contributed by atoms with Gasteiger partial charge < -0.3 is 10.1 Å². The smallest absolute Gasteiger partial charge is 0.251 e. The highest BCUT2D eigenvalue weighted by molar-refractivity contribution is 5.94. The van der Waals surface area contributed by atoms with Gasteiger partial charge in [-0.3, -0.25) is 14.7 Å². The molecule has 4 rings (SSSR count). The van der Waals surface area contributed by atoms with Gasteiger partial charge in [-0.25, -0.2) is 0 Å². The third-order valence-corrected chi connectivity index (χ3v) is 5.36. The zero-order chi connectivity index (χ0) is 20.1. The van der Waals surface area contributed by atoms with Crippen LogP contribution in [0.25, 0.3) is 0 Å². The van der Waals surface area contributed by atoms with Crippen molar-refractivity contribution in [1.29, 1.82) is 0 Å². The molecule has 1 saturated heterocycles. The lowest BCUT2D eigenvalue weighted by atomic mass is 10.1. The summed E-state index contributed by atoms with van der Waals surface area (Å²) in [4.78, 5) is 14.9. The van der Waals surface area contributed by atoms with E-state index in [9.17, 15) is 4.79 Å². The van der Waals surface area contributed by atoms with Crippen LogP contribution in [0.5, 0.6) is 0 Å². The van der Waals surface area contributed by atoms with E-state index in [-0.39, 0.29) is 5.91 Å². The van der Waals surface area contributed by atoms with Gasteiger partial charge in [-0.05, 0) is 42.3 Å². The highest BCUT2D eigenvalue weighted by atomic mass is 16.5. The van der Waals surface area contributed by atoms with Gasteiger partial charge in [0.15, 0.2) is 0 Å². The molecular weight excluding hydrogens is 364 g/mol. The summed E-state index contributed by atoms with van der Waals surface area (Å²) in [5.74, 6) is -0.0590. The van der Waals surface area contributed by atoms with Crippen molar-refractivity contribution in [3.8, 4) is 0 Å². The molecule has 2 aliphatic rings. The molecule has 1 amide bonds. The summed E-state index contributed by atoms with van der Waals surface area (Å²) in [6.07, 6.45) is 0.993. The highest BCUT2D eigenvalue weighted by Gasteiger charge is 2.14. The van der Waals surface area contributed by atoms with Gasteiger partial charge in [0.1, 0.15) is 0 Å². The average Bonchev–Trinajstić information content (AvgIpc) is 3.19. The molecule has 6 heteroatoms. The molecule has 0 aliphatic carbocycles. The molecule has 0 atom stereocenters. The second-order valence-corrected chi connectivity index (χ2v) is 7.65. The Labute approximate surface area is 172 Å². The van der Waals surface area contributed by atoms with Gasteiger partial charge in [-0.15, -0.1) is 0 Å². The van der Waals surface area contributed by atoms with Crippen molar-refractivity contribution in [2.45, 2.75) is 26.4 Å². The van der Waals surface area contributed by atoms with Crippen molar-refractivity contribution >= 4 is 17.3 Å². The van der Waals surface area contributed by atoms with Crippen LogP contribution >= 0.6 is 0 Å². The fourth-order valence-corrected chi connectivity index (χ4v) is 3.69. The Morgan fingerprint density at radius 3 is 2.55 bits per heavy atom. The molecule has 2 heterocycles. The summed E-state index contributed by atoms with van der Waals surface area (Å²) >= 11 is 0. The number of hydrazone groups is 1. The summed E-state index contributed by atoms with van der Waals surface area (Å²) in [5, 5.41) is 9.51. The van der Waals surface area contributed by atoms with Crippen molar-refractivity contribution in [3.05, 3.63) is 65.2 Å². The number of hydrogen-bond acceptors (Lipinski definition) is 5. The van der Waals surface area contributed by atoms with Gasteiger partial charge in [0.2, 0.25) is 0 Å². The maximum Gasteiger partial charge on any atom is 0.251 e. The van der Waals surface area contributed by atoms with E-state index in [1.807, 2.05) is 36.2 Å². The minimum absolute atomic E-state index is 0.0590. The molecule has 0 bridgehead atoms. The van der Waals surface area contributed by atoms with Crippen LogP contribution in [0.1, 0.15) is 34.8 Å². The summed E-state index contributed by atoms with van der Waals surface area (Å²) in [7, 11) is 0. The molecule has 0 saturated carbocycles. The Kier molecular flexibility index (Phi) is 6.22. The van der Waals surface area contributed by atoms with Crippen LogP contribution in [0.4, 0.5) is 5.69 Å². The van der Waals surface area contributed by atoms with Crippen molar-refractivity contribution in [2.24, 2.45) is 5.10 Å². The molecular formula is C23H28N4O2. The van der Waals surface area contributed by atoms with Crippen LogP contribution in [-0.4, -0.2) is 49.4 Å². The topological polar surface area (TPSA) is 57.2 Å². The predicted molar refractivity (Wildman–Crippen MR) is 115 cm³/mol. The normalized spacial score (nSPS) is 17.3. The van der Waals surface area contributed by atoms with Crippen LogP contribution in [0.2, 0.25) is 0 Å². The maximum absolute atomic E-state index is 12.5. The molecule has 1 N–H and O–H groups in total. The maximum atomic E-state index is 12.5. The lowest BCUT2D eigenvalue weighted by Crippen LogP contribution is -2.35. The molecule has 152 valence electrons. The SMILES string of the molecule is CC1=NN(c2ccc(C(=O)NCc3cccc(CN4CCOCC4)c3)cc2)CC1. The van der Waals surface area contributed by atoms with E-state index in [1.54, 1.807) is 0 Å². The van der Waals surface area contributed by atoms with Crippen LogP contribution in [-0.2, 0) is 17.8 Å². The first-order chi connectivity index (χ1) is 14.2. The first kappa shape index (κ1) is 19.6. The van der Waals surface area contributed by atoms with Crippen molar-refractivity contribution in [3.63, 3.8) is 0 Å². The van der Waals surface area contributed by atoms with E-state index in [0.29, 0.717) is 12.1 Å². The Bertz CT molecular complexity index is 873. The molecule has 2 aliphatic heterocycles. The number of amides is 1. The van der Waals surface area contributed by atoms with Gasteiger partial charge in [-0.1, -0.05) is 24.3 Å². The zero-order valence-corrected chi connectivity index (χ0v) is 16.9. The third-order valence-electron chi connectivity index (χ3n) is 5.36. The molecule has 6 nitrogen and oxygen atoms in total. The number of ether oxygens (including phenoxy) is 1. The first-order valence-corrected chi connectivity index (χ1v) is 10.3. The molecule has 1 fully saturated rings. The van der Waals surface area contributed by atoms with E-state index in [0.717, 1.165) is 62.8 Å². The van der Waals surface area contributed by atoms with Crippen LogP contribution in [0, 0.1) is 0 Å². The van der Waals surface area contributed by atoms with Crippen LogP contribution in [0.3, 0.4) is 0 Å². The fraction of sp³-hybridized carbons (Fsp3) is 0.391. The number of hydrogen-bond donors (Lipinski definition) is 1. The minimum atomic E-state index is -0.0590. The molecule has 2 aromatic carbocycles. The molecule has 29 heavy (non-hydrogen) atoms. The van der Waals surface area contributed by atoms with Crippen molar-refractivity contribution in [1.82, 2.24) is 10.2 Å². The Morgan fingerprint density at radius 1 is 1.07 bits per heavy atom. The number of carbonyl (C=O) groups is 1. The van der Waals surface area contributed by atoms with Crippen molar-refractivity contribution in [2.75, 3.05) is 37.9 Å². The molecule has 2 aromatic rings. The number of morpholine rings is 1. The van der Waals surface area contributed by atoms with Crippen LogP contribution in [0.15, 0.2) is 53.6 Å². The number of nitrogens with one attached hydrogen (secondary N) is 1. The number of rotatable bonds is 6. The Balaban J connectivity index is 1.31. The van der Waals surface area contributed by atoms with Gasteiger partial charge in [-0.2, -0.15) is 5.10 Å². The molecule has 0 unspecified atom stereocenters. The van der Waals surface area contributed by atoms with Crippen molar-refractivity contribution < 1.29 is 9.53 Å². The van der Waals surface area contributed by atoms with E-state index in [4.69, 9.17) is 4.74 Å². The Morgan fingerprint density at radius 2 is 1.83 bits per heavy atom. The average molecular weight is 393 g/mol. The monoisotopic (exact) mass is 392 g/mol. The van der Waals surface area contributed by atoms with Gasteiger partial charge in [0.05, 0.1) is 18.9 Å². The molecule has 0 radical (unpaired) electrons. The van der Waals surface area contributed by atoms with Gasteiger partial charge >= 0.3 is 0 Å². The lowest BCUT2D eigenvalue weighted by Gasteiger charge is -2.26. The number of carbonyl (C=O) groups excluding carboxylic acids is 1. The van der Waals surface area contributed by atoms with E-state index >= 15 is 0 Å². The zero-order valence-electron chi connectivity index (χ0n) is 16.9. The third kappa shape index (κ3) is 5.22. The number of benzene rings is 2. The Hall–Kier alpha value is -2.70. The summed E-state index contributed by atoms with van der Waals surface area (Å²) in [5.41, 5.74) is 5.21.